The molecule has 2 N–H and O–H groups in total. The Kier molecular flexibility index (Phi) is 4.54. The largest absolute Gasteiger partial charge is 0.478 e. The standard InChI is InChI=1S/C16H16F2N4O2/c17-13-10(15(23)24)5-6-11(14(13)18)22-9-2-1-4-12(22)21-16-19-7-3-8-20-16/h3,5-8,12H,1-2,4,9H2,(H,23,24)(H,19,20,21). The van der Waals surface area contributed by atoms with Crippen molar-refractivity contribution in [3.05, 3.63) is 47.8 Å². The van der Waals surface area contributed by atoms with Gasteiger partial charge in [-0.15, -0.1) is 0 Å². The van der Waals surface area contributed by atoms with Crippen LogP contribution >= 0.6 is 0 Å². The third kappa shape index (κ3) is 3.12. The molecule has 1 aromatic carbocycles. The van der Waals surface area contributed by atoms with Crippen LogP contribution in [-0.4, -0.2) is 33.8 Å². The number of aromatic nitrogens is 2. The molecule has 2 heterocycles. The quantitative estimate of drug-likeness (QED) is 0.895. The zero-order chi connectivity index (χ0) is 17.1. The third-order valence-electron chi connectivity index (χ3n) is 3.97. The van der Waals surface area contributed by atoms with E-state index >= 15 is 0 Å². The monoisotopic (exact) mass is 334 g/mol. The minimum absolute atomic E-state index is 0.0330. The van der Waals surface area contributed by atoms with Crippen molar-refractivity contribution in [3.63, 3.8) is 0 Å². The predicted molar refractivity (Wildman–Crippen MR) is 84.0 cm³/mol. The molecule has 6 nitrogen and oxygen atoms in total. The van der Waals surface area contributed by atoms with Crippen molar-refractivity contribution >= 4 is 17.6 Å². The number of nitrogens with zero attached hydrogens (tertiary/aromatic N) is 3. The first-order valence-electron chi connectivity index (χ1n) is 7.59. The van der Waals surface area contributed by atoms with Gasteiger partial charge in [0.25, 0.3) is 0 Å². The normalized spacial score (nSPS) is 17.6. The number of anilines is 2. The molecule has 0 radical (unpaired) electrons. The van der Waals surface area contributed by atoms with E-state index in [0.717, 1.165) is 18.9 Å². The van der Waals surface area contributed by atoms with Crippen LogP contribution in [0.4, 0.5) is 20.4 Å². The van der Waals surface area contributed by atoms with Crippen LogP contribution in [0.5, 0.6) is 0 Å². The van der Waals surface area contributed by atoms with Crippen molar-refractivity contribution in [1.29, 1.82) is 0 Å². The number of hydrogen-bond donors (Lipinski definition) is 2. The summed E-state index contributed by atoms with van der Waals surface area (Å²) in [5.41, 5.74) is -0.644. The Hall–Kier alpha value is -2.77. The van der Waals surface area contributed by atoms with Gasteiger partial charge in [-0.3, -0.25) is 0 Å². The van der Waals surface area contributed by atoms with Crippen molar-refractivity contribution in [2.75, 3.05) is 16.8 Å². The molecular weight excluding hydrogens is 318 g/mol. The van der Waals surface area contributed by atoms with Crippen LogP contribution in [0.1, 0.15) is 29.6 Å². The highest BCUT2D eigenvalue weighted by Gasteiger charge is 2.28. The molecule has 1 aliphatic heterocycles. The fourth-order valence-electron chi connectivity index (χ4n) is 2.82. The van der Waals surface area contributed by atoms with Crippen LogP contribution in [0.3, 0.4) is 0 Å². The van der Waals surface area contributed by atoms with E-state index in [0.29, 0.717) is 18.9 Å². The lowest BCUT2D eigenvalue weighted by molar-refractivity contribution is 0.0690. The summed E-state index contributed by atoms with van der Waals surface area (Å²) in [6, 6.07) is 4.07. The second-order valence-electron chi connectivity index (χ2n) is 5.49. The van der Waals surface area contributed by atoms with Gasteiger partial charge in [0.2, 0.25) is 5.95 Å². The molecule has 2 aromatic rings. The number of nitrogens with one attached hydrogen (secondary N) is 1. The van der Waals surface area contributed by atoms with Gasteiger partial charge >= 0.3 is 5.97 Å². The molecule has 1 aliphatic rings. The Labute approximate surface area is 137 Å². The second-order valence-corrected chi connectivity index (χ2v) is 5.49. The first-order valence-corrected chi connectivity index (χ1v) is 7.59. The number of halogens is 2. The van der Waals surface area contributed by atoms with Crippen LogP contribution in [0.2, 0.25) is 0 Å². The van der Waals surface area contributed by atoms with Gasteiger partial charge in [0.1, 0.15) is 6.17 Å². The average Bonchev–Trinajstić information content (AvgIpc) is 2.59. The van der Waals surface area contributed by atoms with E-state index in [1.54, 1.807) is 23.4 Å². The van der Waals surface area contributed by atoms with Crippen LogP contribution in [0.15, 0.2) is 30.6 Å². The molecular formula is C16H16F2N4O2. The topological polar surface area (TPSA) is 78.4 Å². The zero-order valence-electron chi connectivity index (χ0n) is 12.7. The van der Waals surface area contributed by atoms with Gasteiger partial charge in [0, 0.05) is 18.9 Å². The van der Waals surface area contributed by atoms with Gasteiger partial charge in [-0.25, -0.2) is 23.5 Å². The molecule has 0 amide bonds. The van der Waals surface area contributed by atoms with Crippen LogP contribution in [0, 0.1) is 11.6 Å². The number of aromatic carboxylic acids is 1. The number of carbonyl (C=O) groups is 1. The summed E-state index contributed by atoms with van der Waals surface area (Å²) in [5.74, 6) is -3.60. The average molecular weight is 334 g/mol. The Morgan fingerprint density at radius 1 is 1.21 bits per heavy atom. The molecule has 24 heavy (non-hydrogen) atoms. The fourth-order valence-corrected chi connectivity index (χ4v) is 2.82. The Morgan fingerprint density at radius 2 is 1.96 bits per heavy atom. The maximum absolute atomic E-state index is 14.4. The molecule has 0 spiro atoms. The van der Waals surface area contributed by atoms with Gasteiger partial charge in [-0.05, 0) is 37.5 Å². The molecule has 1 aromatic heterocycles. The third-order valence-corrected chi connectivity index (χ3v) is 3.97. The van der Waals surface area contributed by atoms with Gasteiger partial charge < -0.3 is 15.3 Å². The Bertz CT molecular complexity index is 742. The number of rotatable bonds is 4. The van der Waals surface area contributed by atoms with Gasteiger partial charge in [0.15, 0.2) is 11.6 Å². The van der Waals surface area contributed by atoms with Gasteiger partial charge in [-0.1, -0.05) is 0 Å². The van der Waals surface area contributed by atoms with E-state index in [-0.39, 0.29) is 11.9 Å². The molecule has 0 aliphatic carbocycles. The molecule has 0 bridgehead atoms. The number of benzene rings is 1. The first-order chi connectivity index (χ1) is 11.6. The number of hydrogen-bond acceptors (Lipinski definition) is 5. The summed E-state index contributed by atoms with van der Waals surface area (Å²) in [6.45, 7) is 0.521. The highest BCUT2D eigenvalue weighted by atomic mass is 19.2. The Balaban J connectivity index is 1.91. The van der Waals surface area contributed by atoms with Crippen LogP contribution in [0.25, 0.3) is 0 Å². The highest BCUT2D eigenvalue weighted by molar-refractivity contribution is 5.88. The van der Waals surface area contributed by atoms with Crippen molar-refractivity contribution in [2.45, 2.75) is 25.4 Å². The maximum atomic E-state index is 14.4. The van der Waals surface area contributed by atoms with E-state index in [1.807, 2.05) is 0 Å². The molecule has 126 valence electrons. The van der Waals surface area contributed by atoms with E-state index in [4.69, 9.17) is 5.11 Å². The number of carboxylic acids is 1. The fraction of sp³-hybridized carbons (Fsp3) is 0.312. The van der Waals surface area contributed by atoms with Crippen molar-refractivity contribution in [1.82, 2.24) is 9.97 Å². The molecule has 1 fully saturated rings. The lowest BCUT2D eigenvalue weighted by atomic mass is 10.1. The molecule has 1 unspecified atom stereocenters. The van der Waals surface area contributed by atoms with Gasteiger partial charge in [-0.2, -0.15) is 0 Å². The molecule has 1 atom stereocenters. The summed E-state index contributed by atoms with van der Waals surface area (Å²) in [7, 11) is 0. The summed E-state index contributed by atoms with van der Waals surface area (Å²) in [5, 5.41) is 12.0. The minimum Gasteiger partial charge on any atom is -0.478 e. The Morgan fingerprint density at radius 3 is 2.67 bits per heavy atom. The van der Waals surface area contributed by atoms with E-state index in [9.17, 15) is 13.6 Å². The summed E-state index contributed by atoms with van der Waals surface area (Å²) in [6.07, 6.45) is 5.34. The molecule has 0 saturated carbocycles. The molecule has 3 rings (SSSR count). The zero-order valence-corrected chi connectivity index (χ0v) is 12.7. The lowest BCUT2D eigenvalue weighted by Crippen LogP contribution is -2.45. The maximum Gasteiger partial charge on any atom is 0.338 e. The van der Waals surface area contributed by atoms with E-state index in [2.05, 4.69) is 15.3 Å². The lowest BCUT2D eigenvalue weighted by Gasteiger charge is -2.38. The summed E-state index contributed by atoms with van der Waals surface area (Å²) in [4.78, 5) is 20.8. The number of carboxylic acid groups (broad SMARTS) is 1. The van der Waals surface area contributed by atoms with Gasteiger partial charge in [0.05, 0.1) is 11.3 Å². The molecule has 8 heteroatoms. The van der Waals surface area contributed by atoms with Crippen molar-refractivity contribution in [3.8, 4) is 0 Å². The first kappa shape index (κ1) is 16.1. The predicted octanol–water partition coefficient (Wildman–Crippen LogP) is 2.88. The highest BCUT2D eigenvalue weighted by Crippen LogP contribution is 2.30. The van der Waals surface area contributed by atoms with Crippen molar-refractivity contribution in [2.24, 2.45) is 0 Å². The van der Waals surface area contributed by atoms with Crippen LogP contribution < -0.4 is 10.2 Å². The minimum atomic E-state index is -1.50. The second kappa shape index (κ2) is 6.77. The van der Waals surface area contributed by atoms with Crippen molar-refractivity contribution < 1.29 is 18.7 Å². The smallest absolute Gasteiger partial charge is 0.338 e. The van der Waals surface area contributed by atoms with E-state index in [1.165, 1.54) is 6.07 Å². The SMILES string of the molecule is O=C(O)c1ccc(N2CCCCC2Nc2ncccn2)c(F)c1F. The molecule has 1 saturated heterocycles. The summed E-state index contributed by atoms with van der Waals surface area (Å²) < 4.78 is 28.4. The number of piperidine rings is 1. The van der Waals surface area contributed by atoms with E-state index < -0.39 is 23.2 Å². The van der Waals surface area contributed by atoms with Crippen LogP contribution in [-0.2, 0) is 0 Å². The summed E-state index contributed by atoms with van der Waals surface area (Å²) >= 11 is 0.